The average Bonchev–Trinajstić information content (AvgIpc) is 3.17. The van der Waals surface area contributed by atoms with E-state index >= 15 is 0 Å². The SMILES string of the molecule is C/C(CCC(=O)N[C@H](C)CCCCNC(=O)CC/C(C)=N/OCCO[C@H]1O[C@H](CCP(=O)(O)O)[C@@H](O)[C@H](O)[C@@H]1O)=N/OCCO[C@H]1O[C@H](CCP(=O)(O)O)[C@@H](O)[C@H](O)[C@@H]1O. The number of ether oxygens (including phenoxy) is 4. The van der Waals surface area contributed by atoms with E-state index in [2.05, 4.69) is 20.9 Å². The van der Waals surface area contributed by atoms with E-state index in [0.29, 0.717) is 43.7 Å². The van der Waals surface area contributed by atoms with E-state index in [4.69, 9.17) is 48.2 Å². The number of carbonyl (C=O) groups is 2. The molecule has 12 N–H and O–H groups in total. The van der Waals surface area contributed by atoms with Gasteiger partial charge in [0.15, 0.2) is 12.6 Å². The predicted molar refractivity (Wildman–Crippen MR) is 209 cm³/mol. The number of nitrogens with one attached hydrogen (secondary N) is 2. The topological polar surface area (TPSA) is 375 Å². The quantitative estimate of drug-likeness (QED) is 0.0173. The van der Waals surface area contributed by atoms with Gasteiger partial charge >= 0.3 is 15.2 Å². The summed E-state index contributed by atoms with van der Waals surface area (Å²) in [5.41, 5.74) is 1.07. The van der Waals surface area contributed by atoms with Crippen LogP contribution in [0, 0.1) is 0 Å². The van der Waals surface area contributed by atoms with Crippen LogP contribution >= 0.6 is 15.2 Å². The van der Waals surface area contributed by atoms with Gasteiger partial charge < -0.3 is 89.5 Å². The second-order valence-corrected chi connectivity index (χ2v) is 18.3. The molecule has 11 atom stereocenters. The summed E-state index contributed by atoms with van der Waals surface area (Å²) in [6, 6.07) is -0.103. The molecule has 0 bridgehead atoms. The summed E-state index contributed by atoms with van der Waals surface area (Å²) in [5, 5.41) is 74.1. The molecule has 0 aromatic heterocycles. The third-order valence-corrected chi connectivity index (χ3v) is 11.0. The Bertz CT molecular complexity index is 1450. The summed E-state index contributed by atoms with van der Waals surface area (Å²) < 4.78 is 43.8. The van der Waals surface area contributed by atoms with E-state index < -0.39 is 88.9 Å². The first-order valence-electron chi connectivity index (χ1n) is 19.7. The Kier molecular flexibility index (Phi) is 24.3. The summed E-state index contributed by atoms with van der Waals surface area (Å²) in [6.07, 6.45) is -13.3. The van der Waals surface area contributed by atoms with Gasteiger partial charge in [0.25, 0.3) is 0 Å². The van der Waals surface area contributed by atoms with Crippen molar-refractivity contribution in [2.45, 2.75) is 146 Å². The van der Waals surface area contributed by atoms with Gasteiger partial charge in [-0.05, 0) is 65.7 Å². The van der Waals surface area contributed by atoms with Crippen LogP contribution in [-0.4, -0.2) is 186 Å². The van der Waals surface area contributed by atoms with Crippen molar-refractivity contribution in [3.63, 3.8) is 0 Å². The van der Waals surface area contributed by atoms with Crippen LogP contribution in [0.25, 0.3) is 0 Å². The Morgan fingerprint density at radius 3 is 1.50 bits per heavy atom. The first-order chi connectivity index (χ1) is 28.1. The maximum Gasteiger partial charge on any atom is 0.325 e. The molecule has 24 nitrogen and oxygen atoms in total. The largest absolute Gasteiger partial charge is 0.393 e. The summed E-state index contributed by atoms with van der Waals surface area (Å²) in [5.74, 6) is -0.353. The number of oxime groups is 2. The van der Waals surface area contributed by atoms with E-state index in [1.807, 2.05) is 6.92 Å². The Balaban J connectivity index is 1.52. The third-order valence-electron chi connectivity index (χ3n) is 9.32. The Hall–Kier alpha value is -2.22. The van der Waals surface area contributed by atoms with Crippen LogP contribution in [0.15, 0.2) is 10.3 Å². The van der Waals surface area contributed by atoms with Crippen LogP contribution in [-0.2, 0) is 47.3 Å². The van der Waals surface area contributed by atoms with E-state index in [0.717, 1.165) is 6.42 Å². The lowest BCUT2D eigenvalue weighted by atomic mass is 9.97. The van der Waals surface area contributed by atoms with E-state index in [1.165, 1.54) is 0 Å². The summed E-state index contributed by atoms with van der Waals surface area (Å²) in [4.78, 5) is 71.3. The van der Waals surface area contributed by atoms with Crippen molar-refractivity contribution >= 4 is 38.4 Å². The molecule has 2 fully saturated rings. The highest BCUT2D eigenvalue weighted by atomic mass is 31.2. The number of aliphatic hydroxyl groups is 6. The summed E-state index contributed by atoms with van der Waals surface area (Å²) >= 11 is 0. The lowest BCUT2D eigenvalue weighted by molar-refractivity contribution is -0.298. The molecular formula is C34H64N4O20P2. The summed E-state index contributed by atoms with van der Waals surface area (Å²) in [6.45, 7) is 5.24. The highest BCUT2D eigenvalue weighted by molar-refractivity contribution is 7.52. The zero-order chi connectivity index (χ0) is 45.0. The minimum absolute atomic E-state index is 0.0776. The molecule has 2 aliphatic heterocycles. The van der Waals surface area contributed by atoms with Crippen LogP contribution in [0.4, 0.5) is 0 Å². The predicted octanol–water partition coefficient (Wildman–Crippen LogP) is -2.09. The molecule has 0 aromatic carbocycles. The Morgan fingerprint density at radius 1 is 0.633 bits per heavy atom. The molecule has 2 heterocycles. The molecule has 0 aliphatic carbocycles. The van der Waals surface area contributed by atoms with Gasteiger partial charge in [-0.1, -0.05) is 10.3 Å². The molecule has 60 heavy (non-hydrogen) atoms. The van der Waals surface area contributed by atoms with Crippen molar-refractivity contribution in [1.29, 1.82) is 0 Å². The van der Waals surface area contributed by atoms with Gasteiger partial charge in [-0.15, -0.1) is 0 Å². The van der Waals surface area contributed by atoms with E-state index in [9.17, 15) is 49.4 Å². The number of hydrogen-bond donors (Lipinski definition) is 12. The molecule has 2 rings (SSSR count). The maximum absolute atomic E-state index is 12.4. The van der Waals surface area contributed by atoms with Crippen molar-refractivity contribution in [3.05, 3.63) is 0 Å². The van der Waals surface area contributed by atoms with E-state index in [1.54, 1.807) is 13.8 Å². The third kappa shape index (κ3) is 21.7. The number of rotatable bonds is 28. The molecule has 0 aromatic rings. The monoisotopic (exact) mass is 910 g/mol. The van der Waals surface area contributed by atoms with Gasteiger partial charge in [-0.25, -0.2) is 0 Å². The van der Waals surface area contributed by atoms with Gasteiger partial charge in [0.2, 0.25) is 11.8 Å². The van der Waals surface area contributed by atoms with Crippen LogP contribution in [0.2, 0.25) is 0 Å². The number of hydrogen-bond acceptors (Lipinski definition) is 18. The first-order valence-corrected chi connectivity index (χ1v) is 23.3. The Labute approximate surface area is 347 Å². The van der Waals surface area contributed by atoms with E-state index in [-0.39, 0.29) is 70.0 Å². The zero-order valence-corrected chi connectivity index (χ0v) is 35.8. The fourth-order valence-electron chi connectivity index (χ4n) is 5.88. The van der Waals surface area contributed by atoms with Gasteiger partial charge in [0.05, 0.1) is 49.2 Å². The molecule has 2 saturated heterocycles. The van der Waals surface area contributed by atoms with Gasteiger partial charge in [-0.2, -0.15) is 0 Å². The van der Waals surface area contributed by atoms with Crippen LogP contribution < -0.4 is 10.6 Å². The first kappa shape index (κ1) is 53.9. The molecule has 2 aliphatic rings. The van der Waals surface area contributed by atoms with Crippen molar-refractivity contribution in [2.75, 3.05) is 45.3 Å². The molecule has 0 unspecified atom stereocenters. The summed E-state index contributed by atoms with van der Waals surface area (Å²) in [7, 11) is -8.75. The normalized spacial score (nSPS) is 28.6. The number of aliphatic hydroxyl groups excluding tert-OH is 6. The second kappa shape index (κ2) is 27.1. The van der Waals surface area contributed by atoms with Gasteiger partial charge in [-0.3, -0.25) is 18.7 Å². The van der Waals surface area contributed by atoms with Crippen molar-refractivity contribution in [1.82, 2.24) is 10.6 Å². The number of nitrogens with zero attached hydrogens (tertiary/aromatic N) is 2. The number of unbranched alkanes of at least 4 members (excludes halogenated alkanes) is 1. The smallest absolute Gasteiger partial charge is 0.325 e. The molecule has 26 heteroatoms. The average molecular weight is 911 g/mol. The molecule has 2 amide bonds. The van der Waals surface area contributed by atoms with Gasteiger partial charge in [0.1, 0.15) is 49.8 Å². The molecule has 350 valence electrons. The second-order valence-electron chi connectivity index (χ2n) is 14.8. The highest BCUT2D eigenvalue weighted by Gasteiger charge is 2.45. The minimum Gasteiger partial charge on any atom is -0.393 e. The minimum atomic E-state index is -4.37. The van der Waals surface area contributed by atoms with Crippen molar-refractivity contribution in [2.24, 2.45) is 10.3 Å². The van der Waals surface area contributed by atoms with Crippen molar-refractivity contribution < 1.29 is 97.6 Å². The Morgan fingerprint density at radius 2 is 1.07 bits per heavy atom. The zero-order valence-electron chi connectivity index (χ0n) is 34.0. The van der Waals surface area contributed by atoms with Gasteiger partial charge in [0, 0.05) is 25.4 Å². The van der Waals surface area contributed by atoms with Crippen molar-refractivity contribution in [3.8, 4) is 0 Å². The fourth-order valence-corrected chi connectivity index (χ4v) is 7.06. The molecule has 0 saturated carbocycles. The molecule has 0 radical (unpaired) electrons. The maximum atomic E-state index is 12.4. The van der Waals surface area contributed by atoms with Crippen LogP contribution in [0.3, 0.4) is 0 Å². The number of amides is 2. The highest BCUT2D eigenvalue weighted by Crippen LogP contribution is 2.38. The molecular weight excluding hydrogens is 846 g/mol. The number of carbonyl (C=O) groups excluding carboxylic acids is 2. The van der Waals surface area contributed by atoms with Crippen LogP contribution in [0.1, 0.15) is 78.6 Å². The lowest BCUT2D eigenvalue weighted by Crippen LogP contribution is -2.58. The lowest BCUT2D eigenvalue weighted by Gasteiger charge is -2.40. The fraction of sp³-hybridized carbons (Fsp3) is 0.882. The van der Waals surface area contributed by atoms with Crippen LogP contribution in [0.5, 0.6) is 0 Å². The molecule has 0 spiro atoms. The standard InChI is InChI=1S/C34H64N4O20P2/c1-20(36-26(40)10-8-22(3)38-56-17-15-54-34-32(46)30(44)28(42)24(58-34)12-19-60(50,51)52)6-4-5-13-35-25(39)9-7-21(2)37-55-16-14-53-33-31(45)29(43)27(41)23(57-33)11-18-59(47,48)49/h20,23-24,27-34,41-46H,4-19H2,1-3H3,(H,35,39)(H,36,40)(H2,47,48,49)(H2,50,51,52)/b37-21+,38-22-/t20-,23-,24-,27-,28-,29+,30+,31+,32+,33+,34+/m1/s1.